The number of amides is 1. The molecule has 1 aliphatic heterocycles. The molecule has 0 atom stereocenters. The molecular weight excluding hydrogens is 299 g/mol. The molecule has 0 saturated carbocycles. The molecule has 3 rings (SSSR count). The zero-order chi connectivity index (χ0) is 14.4. The smallest absolute Gasteiger partial charge is 0.273 e. The summed E-state index contributed by atoms with van der Waals surface area (Å²) in [7, 11) is 1.70. The lowest BCUT2D eigenvalue weighted by atomic mass is 10.1. The van der Waals surface area contributed by atoms with Gasteiger partial charge in [0.15, 0.2) is 0 Å². The van der Waals surface area contributed by atoms with Gasteiger partial charge in [-0.3, -0.25) is 4.79 Å². The average Bonchev–Trinajstić information content (AvgIpc) is 2.66. The van der Waals surface area contributed by atoms with Crippen LogP contribution in [0.5, 0.6) is 0 Å². The lowest BCUT2D eigenvalue weighted by Gasteiger charge is -2.09. The predicted molar refractivity (Wildman–Crippen MR) is 77.7 cm³/mol. The van der Waals surface area contributed by atoms with E-state index in [1.165, 1.54) is 0 Å². The van der Waals surface area contributed by atoms with Gasteiger partial charge in [-0.2, -0.15) is 0 Å². The van der Waals surface area contributed by atoms with Crippen LogP contribution in [0, 0.1) is 0 Å². The van der Waals surface area contributed by atoms with E-state index in [1.807, 2.05) is 0 Å². The summed E-state index contributed by atoms with van der Waals surface area (Å²) >= 11 is 12.1. The number of anilines is 1. The van der Waals surface area contributed by atoms with Crippen LogP contribution < -0.4 is 5.73 Å². The van der Waals surface area contributed by atoms with Gasteiger partial charge in [-0.1, -0.05) is 23.2 Å². The third-order valence-corrected chi connectivity index (χ3v) is 3.70. The number of halogens is 2. The first-order valence-corrected chi connectivity index (χ1v) is 6.60. The zero-order valence-corrected chi connectivity index (χ0v) is 12.0. The van der Waals surface area contributed by atoms with E-state index in [4.69, 9.17) is 28.9 Å². The van der Waals surface area contributed by atoms with Crippen LogP contribution in [0.3, 0.4) is 0 Å². The van der Waals surface area contributed by atoms with Gasteiger partial charge in [-0.15, -0.1) is 0 Å². The summed E-state index contributed by atoms with van der Waals surface area (Å²) in [4.78, 5) is 21.8. The number of hydrogen-bond acceptors (Lipinski definition) is 4. The van der Waals surface area contributed by atoms with E-state index in [-0.39, 0.29) is 11.9 Å². The van der Waals surface area contributed by atoms with Crippen LogP contribution >= 0.6 is 23.2 Å². The third kappa shape index (κ3) is 1.99. The number of aromatic nitrogens is 2. The van der Waals surface area contributed by atoms with E-state index >= 15 is 0 Å². The highest BCUT2D eigenvalue weighted by Crippen LogP contribution is 2.35. The van der Waals surface area contributed by atoms with Crippen molar-refractivity contribution in [2.75, 3.05) is 12.8 Å². The van der Waals surface area contributed by atoms with Gasteiger partial charge in [0.25, 0.3) is 5.91 Å². The number of nitrogen functional groups attached to an aromatic ring is 1. The third-order valence-electron chi connectivity index (χ3n) is 3.16. The Bertz CT molecular complexity index is 733. The largest absolute Gasteiger partial charge is 0.368 e. The molecule has 7 heteroatoms. The number of hydrogen-bond donors (Lipinski definition) is 1. The van der Waals surface area contributed by atoms with Crippen LogP contribution in [0.25, 0.3) is 11.3 Å². The van der Waals surface area contributed by atoms with Crippen LogP contribution in [0.2, 0.25) is 10.0 Å². The molecule has 5 nitrogen and oxygen atoms in total. The van der Waals surface area contributed by atoms with Gasteiger partial charge in [0.2, 0.25) is 5.95 Å². The number of fused-ring (bicyclic) bond motifs is 1. The molecule has 2 N–H and O–H groups in total. The second kappa shape index (κ2) is 4.61. The number of nitrogens with zero attached hydrogens (tertiary/aromatic N) is 3. The van der Waals surface area contributed by atoms with Crippen molar-refractivity contribution in [1.82, 2.24) is 14.9 Å². The molecule has 20 heavy (non-hydrogen) atoms. The second-order valence-corrected chi connectivity index (χ2v) is 5.39. The summed E-state index contributed by atoms with van der Waals surface area (Å²) in [5.41, 5.74) is 8.02. The van der Waals surface area contributed by atoms with Crippen molar-refractivity contribution in [2.24, 2.45) is 0 Å². The van der Waals surface area contributed by atoms with E-state index in [9.17, 15) is 4.79 Å². The van der Waals surface area contributed by atoms with Crippen LogP contribution in [-0.4, -0.2) is 27.8 Å². The fourth-order valence-corrected chi connectivity index (χ4v) is 2.72. The van der Waals surface area contributed by atoms with Crippen LogP contribution in [-0.2, 0) is 6.54 Å². The average molecular weight is 309 g/mol. The molecule has 0 saturated heterocycles. The highest BCUT2D eigenvalue weighted by atomic mass is 35.5. The molecule has 0 fully saturated rings. The molecule has 1 aromatic carbocycles. The minimum Gasteiger partial charge on any atom is -0.368 e. The Morgan fingerprint density at radius 1 is 1.25 bits per heavy atom. The normalized spacial score (nSPS) is 13.8. The molecule has 0 bridgehead atoms. The number of carbonyl (C=O) groups excluding carboxylic acids is 1. The van der Waals surface area contributed by atoms with Gasteiger partial charge in [-0.25, -0.2) is 9.97 Å². The number of benzene rings is 1. The summed E-state index contributed by atoms with van der Waals surface area (Å²) in [5.74, 6) is -0.117. The molecule has 2 aromatic rings. The van der Waals surface area contributed by atoms with E-state index in [1.54, 1.807) is 30.1 Å². The van der Waals surface area contributed by atoms with E-state index in [0.717, 1.165) is 5.56 Å². The van der Waals surface area contributed by atoms with Crippen LogP contribution in [0.4, 0.5) is 5.95 Å². The maximum atomic E-state index is 12.0. The molecule has 0 aliphatic carbocycles. The molecule has 102 valence electrons. The molecule has 0 radical (unpaired) electrons. The standard InChI is InChI=1S/C13H10Cl2N4O/c1-19-5-8-10(7-3-2-6(14)4-9(7)15)17-13(16)18-11(8)12(19)20/h2-4H,5H2,1H3,(H2,16,17,18). The summed E-state index contributed by atoms with van der Waals surface area (Å²) < 4.78 is 0. The monoisotopic (exact) mass is 308 g/mol. The first kappa shape index (κ1) is 13.1. The van der Waals surface area contributed by atoms with Gasteiger partial charge in [0.05, 0.1) is 17.3 Å². The quantitative estimate of drug-likeness (QED) is 0.879. The molecule has 2 heterocycles. The maximum Gasteiger partial charge on any atom is 0.273 e. The number of nitrogens with two attached hydrogens (primary N) is 1. The maximum absolute atomic E-state index is 12.0. The van der Waals surface area contributed by atoms with Gasteiger partial charge in [0.1, 0.15) is 5.69 Å². The van der Waals surface area contributed by atoms with Crippen molar-refractivity contribution < 1.29 is 4.79 Å². The summed E-state index contributed by atoms with van der Waals surface area (Å²) in [5, 5.41) is 0.991. The Morgan fingerprint density at radius 3 is 2.65 bits per heavy atom. The van der Waals surface area contributed by atoms with Gasteiger partial charge < -0.3 is 10.6 Å². The van der Waals surface area contributed by atoms with Crippen molar-refractivity contribution in [3.8, 4) is 11.3 Å². The van der Waals surface area contributed by atoms with Gasteiger partial charge in [0, 0.05) is 23.2 Å². The lowest BCUT2D eigenvalue weighted by Crippen LogP contribution is -2.18. The lowest BCUT2D eigenvalue weighted by molar-refractivity contribution is 0.0812. The van der Waals surface area contributed by atoms with Crippen molar-refractivity contribution in [2.45, 2.75) is 6.54 Å². The van der Waals surface area contributed by atoms with Crippen molar-refractivity contribution in [3.63, 3.8) is 0 Å². The molecule has 1 aromatic heterocycles. The number of carbonyl (C=O) groups is 1. The highest BCUT2D eigenvalue weighted by molar-refractivity contribution is 6.36. The predicted octanol–water partition coefficient (Wildman–Crippen LogP) is 2.62. The summed E-state index contributed by atoms with van der Waals surface area (Å²) in [6.45, 7) is 0.433. The van der Waals surface area contributed by atoms with E-state index < -0.39 is 0 Å². The first-order chi connectivity index (χ1) is 9.47. The molecular formula is C13H10Cl2N4O. The van der Waals surface area contributed by atoms with Gasteiger partial charge >= 0.3 is 0 Å². The Labute approximate surface area is 125 Å². The van der Waals surface area contributed by atoms with Crippen LogP contribution in [0.1, 0.15) is 16.1 Å². The fraction of sp³-hybridized carbons (Fsp3) is 0.154. The topological polar surface area (TPSA) is 72.1 Å². The molecule has 0 unspecified atom stereocenters. The first-order valence-electron chi connectivity index (χ1n) is 5.84. The van der Waals surface area contributed by atoms with Crippen molar-refractivity contribution in [1.29, 1.82) is 0 Å². The fourth-order valence-electron chi connectivity index (χ4n) is 2.22. The Kier molecular flexibility index (Phi) is 3.03. The van der Waals surface area contributed by atoms with Crippen LogP contribution in [0.15, 0.2) is 18.2 Å². The minimum absolute atomic E-state index is 0.0495. The minimum atomic E-state index is -0.166. The highest BCUT2D eigenvalue weighted by Gasteiger charge is 2.30. The molecule has 0 spiro atoms. The second-order valence-electron chi connectivity index (χ2n) is 4.54. The van der Waals surface area contributed by atoms with E-state index in [0.29, 0.717) is 33.5 Å². The Morgan fingerprint density at radius 2 is 1.95 bits per heavy atom. The summed E-state index contributed by atoms with van der Waals surface area (Å²) in [6, 6.07) is 5.10. The van der Waals surface area contributed by atoms with E-state index in [2.05, 4.69) is 9.97 Å². The Hall–Kier alpha value is -1.85. The van der Waals surface area contributed by atoms with Crippen molar-refractivity contribution in [3.05, 3.63) is 39.5 Å². The molecule has 1 amide bonds. The SMILES string of the molecule is CN1Cc2c(nc(N)nc2-c2ccc(Cl)cc2Cl)C1=O. The summed E-state index contributed by atoms with van der Waals surface area (Å²) in [6.07, 6.45) is 0. The Balaban J connectivity index is 2.26. The van der Waals surface area contributed by atoms with Gasteiger partial charge in [-0.05, 0) is 18.2 Å². The molecule has 1 aliphatic rings. The zero-order valence-electron chi connectivity index (χ0n) is 10.5. The van der Waals surface area contributed by atoms with Crippen molar-refractivity contribution >= 4 is 35.1 Å². The number of rotatable bonds is 1.